The van der Waals surface area contributed by atoms with Crippen LogP contribution in [0, 0.1) is 0 Å². The summed E-state index contributed by atoms with van der Waals surface area (Å²) in [5.74, 6) is 0.847. The minimum absolute atomic E-state index is 0.473. The third kappa shape index (κ3) is 4.93. The van der Waals surface area contributed by atoms with Crippen LogP contribution in [0.1, 0.15) is 24.5 Å². The Morgan fingerprint density at radius 2 is 1.86 bits per heavy atom. The molecule has 2 aromatic rings. The highest BCUT2D eigenvalue weighted by Gasteiger charge is 2.03. The Hall–Kier alpha value is -1.71. The molecule has 0 saturated heterocycles. The summed E-state index contributed by atoms with van der Waals surface area (Å²) in [5, 5.41) is 5.45. The minimum atomic E-state index is 0.473. The van der Waals surface area contributed by atoms with Gasteiger partial charge in [0, 0.05) is 15.6 Å². The monoisotopic (exact) mass is 336 g/mol. The summed E-state index contributed by atoms with van der Waals surface area (Å²) in [4.78, 5) is 0. The summed E-state index contributed by atoms with van der Waals surface area (Å²) in [5.41, 5.74) is 4.75. The van der Waals surface area contributed by atoms with Gasteiger partial charge in [-0.05, 0) is 36.2 Å². The third-order valence-electron chi connectivity index (χ3n) is 2.95. The van der Waals surface area contributed by atoms with Gasteiger partial charge in [0.05, 0.1) is 19.4 Å². The fraction of sp³-hybridized carbons (Fsp3) is 0.235. The molecule has 22 heavy (non-hydrogen) atoms. The second kappa shape index (κ2) is 8.66. The second-order valence-corrected chi connectivity index (χ2v) is 5.53. The summed E-state index contributed by atoms with van der Waals surface area (Å²) in [6, 6.07) is 13.2. The van der Waals surface area contributed by atoms with Gasteiger partial charge in [-0.25, -0.2) is 0 Å². The van der Waals surface area contributed by atoms with Crippen molar-refractivity contribution in [2.24, 2.45) is 5.10 Å². The average Bonchev–Trinajstić information content (AvgIpc) is 2.52. The SMILES string of the molecule is CCCOc1cccc(/C=N\NCc2c(Cl)cccc2Cl)c1. The van der Waals surface area contributed by atoms with Crippen molar-refractivity contribution in [3.8, 4) is 5.75 Å². The number of ether oxygens (including phenoxy) is 1. The molecule has 2 rings (SSSR count). The first-order valence-corrected chi connectivity index (χ1v) is 7.88. The summed E-state index contributed by atoms with van der Waals surface area (Å²) in [7, 11) is 0. The summed E-state index contributed by atoms with van der Waals surface area (Å²) in [6.45, 7) is 3.26. The highest BCUT2D eigenvalue weighted by atomic mass is 35.5. The van der Waals surface area contributed by atoms with Crippen LogP contribution in [0.25, 0.3) is 0 Å². The Labute approximate surface area is 140 Å². The molecule has 116 valence electrons. The van der Waals surface area contributed by atoms with Gasteiger partial charge in [0.15, 0.2) is 0 Å². The van der Waals surface area contributed by atoms with E-state index >= 15 is 0 Å². The molecule has 0 amide bonds. The molecule has 0 atom stereocenters. The fourth-order valence-corrected chi connectivity index (χ4v) is 2.38. The zero-order valence-electron chi connectivity index (χ0n) is 12.4. The van der Waals surface area contributed by atoms with Gasteiger partial charge in [-0.1, -0.05) is 48.3 Å². The zero-order chi connectivity index (χ0) is 15.8. The van der Waals surface area contributed by atoms with Crippen LogP contribution in [0.3, 0.4) is 0 Å². The first kappa shape index (κ1) is 16.7. The van der Waals surface area contributed by atoms with Crippen LogP contribution in [-0.4, -0.2) is 12.8 Å². The van der Waals surface area contributed by atoms with Gasteiger partial charge in [0.2, 0.25) is 0 Å². The number of nitrogens with zero attached hydrogens (tertiary/aromatic N) is 1. The second-order valence-electron chi connectivity index (χ2n) is 4.71. The molecular formula is C17H18Cl2N2O. The van der Waals surface area contributed by atoms with Crippen LogP contribution in [0.2, 0.25) is 10.0 Å². The summed E-state index contributed by atoms with van der Waals surface area (Å²) >= 11 is 12.2. The minimum Gasteiger partial charge on any atom is -0.494 e. The predicted octanol–water partition coefficient (Wildman–Crippen LogP) is 4.91. The van der Waals surface area contributed by atoms with E-state index in [1.54, 1.807) is 6.21 Å². The quantitative estimate of drug-likeness (QED) is 0.575. The number of hydrogen-bond donors (Lipinski definition) is 1. The van der Waals surface area contributed by atoms with Crippen molar-refractivity contribution in [1.29, 1.82) is 0 Å². The lowest BCUT2D eigenvalue weighted by Crippen LogP contribution is -2.06. The van der Waals surface area contributed by atoms with Crippen molar-refractivity contribution >= 4 is 29.4 Å². The summed E-state index contributed by atoms with van der Waals surface area (Å²) in [6.07, 6.45) is 2.72. The van der Waals surface area contributed by atoms with Gasteiger partial charge < -0.3 is 10.2 Å². The van der Waals surface area contributed by atoms with Crippen LogP contribution in [0.5, 0.6) is 5.75 Å². The van der Waals surface area contributed by atoms with Crippen molar-refractivity contribution in [2.45, 2.75) is 19.9 Å². The van der Waals surface area contributed by atoms with Crippen molar-refractivity contribution in [3.05, 3.63) is 63.6 Å². The van der Waals surface area contributed by atoms with E-state index in [4.69, 9.17) is 27.9 Å². The molecule has 5 heteroatoms. The first-order chi connectivity index (χ1) is 10.7. The Balaban J connectivity index is 1.92. The lowest BCUT2D eigenvalue weighted by atomic mass is 10.2. The van der Waals surface area contributed by atoms with E-state index in [2.05, 4.69) is 17.5 Å². The molecule has 0 aliphatic heterocycles. The Kier molecular flexibility index (Phi) is 6.56. The maximum Gasteiger partial charge on any atom is 0.119 e. The van der Waals surface area contributed by atoms with E-state index in [9.17, 15) is 0 Å². The molecule has 0 radical (unpaired) electrons. The first-order valence-electron chi connectivity index (χ1n) is 7.12. The third-order valence-corrected chi connectivity index (χ3v) is 3.66. The molecule has 0 spiro atoms. The molecule has 0 aromatic heterocycles. The van der Waals surface area contributed by atoms with E-state index in [1.165, 1.54) is 0 Å². The van der Waals surface area contributed by atoms with Gasteiger partial charge in [0.1, 0.15) is 5.75 Å². The fourth-order valence-electron chi connectivity index (χ4n) is 1.85. The molecule has 0 fully saturated rings. The molecule has 0 aliphatic rings. The van der Waals surface area contributed by atoms with Crippen molar-refractivity contribution < 1.29 is 4.74 Å². The van der Waals surface area contributed by atoms with Gasteiger partial charge in [-0.3, -0.25) is 0 Å². The number of hydrogen-bond acceptors (Lipinski definition) is 3. The molecule has 0 saturated carbocycles. The molecule has 0 bridgehead atoms. The van der Waals surface area contributed by atoms with Crippen LogP contribution in [-0.2, 0) is 6.54 Å². The van der Waals surface area contributed by atoms with E-state index in [-0.39, 0.29) is 0 Å². The lowest BCUT2D eigenvalue weighted by molar-refractivity contribution is 0.317. The van der Waals surface area contributed by atoms with E-state index in [0.717, 1.165) is 23.3 Å². The highest BCUT2D eigenvalue weighted by molar-refractivity contribution is 6.35. The van der Waals surface area contributed by atoms with Crippen molar-refractivity contribution in [2.75, 3.05) is 6.61 Å². The van der Waals surface area contributed by atoms with E-state index < -0.39 is 0 Å². The molecule has 0 heterocycles. The van der Waals surface area contributed by atoms with Gasteiger partial charge in [-0.15, -0.1) is 0 Å². The Bertz CT molecular complexity index is 624. The Morgan fingerprint density at radius 3 is 2.59 bits per heavy atom. The molecule has 0 aliphatic carbocycles. The number of benzene rings is 2. The summed E-state index contributed by atoms with van der Waals surface area (Å²) < 4.78 is 5.59. The van der Waals surface area contributed by atoms with Crippen LogP contribution >= 0.6 is 23.2 Å². The van der Waals surface area contributed by atoms with Crippen LogP contribution in [0.4, 0.5) is 0 Å². The van der Waals surface area contributed by atoms with Gasteiger partial charge >= 0.3 is 0 Å². The zero-order valence-corrected chi connectivity index (χ0v) is 13.9. The van der Waals surface area contributed by atoms with Gasteiger partial charge in [-0.2, -0.15) is 5.10 Å². The van der Waals surface area contributed by atoms with Crippen molar-refractivity contribution in [1.82, 2.24) is 5.43 Å². The molecule has 1 N–H and O–H groups in total. The molecular weight excluding hydrogens is 319 g/mol. The molecule has 2 aromatic carbocycles. The van der Waals surface area contributed by atoms with Crippen molar-refractivity contribution in [3.63, 3.8) is 0 Å². The normalized spacial score (nSPS) is 10.9. The van der Waals surface area contributed by atoms with Crippen LogP contribution in [0.15, 0.2) is 47.6 Å². The number of rotatable bonds is 7. The maximum absolute atomic E-state index is 6.10. The van der Waals surface area contributed by atoms with Gasteiger partial charge in [0.25, 0.3) is 0 Å². The maximum atomic E-state index is 6.10. The average molecular weight is 337 g/mol. The predicted molar refractivity (Wildman–Crippen MR) is 93.1 cm³/mol. The molecule has 0 unspecified atom stereocenters. The number of nitrogens with one attached hydrogen (secondary N) is 1. The van der Waals surface area contributed by atoms with Crippen LogP contribution < -0.4 is 10.2 Å². The smallest absolute Gasteiger partial charge is 0.119 e. The topological polar surface area (TPSA) is 33.6 Å². The van der Waals surface area contributed by atoms with E-state index in [0.29, 0.717) is 23.2 Å². The largest absolute Gasteiger partial charge is 0.494 e. The Morgan fingerprint density at radius 1 is 1.14 bits per heavy atom. The van der Waals surface area contributed by atoms with E-state index in [1.807, 2.05) is 42.5 Å². The lowest BCUT2D eigenvalue weighted by Gasteiger charge is -2.06. The number of halogens is 2. The number of hydrazone groups is 1. The molecule has 3 nitrogen and oxygen atoms in total. The highest BCUT2D eigenvalue weighted by Crippen LogP contribution is 2.23. The standard InChI is InChI=1S/C17H18Cl2N2O/c1-2-9-22-14-6-3-5-13(10-14)11-20-21-12-15-16(18)7-4-8-17(15)19/h3-8,10-11,21H,2,9,12H2,1H3/b20-11-.